The Morgan fingerprint density at radius 2 is 2.00 bits per heavy atom. The number of ether oxygens (including phenoxy) is 1. The molecule has 0 bridgehead atoms. The maximum atomic E-state index is 6.47. The average Bonchev–Trinajstić information content (AvgIpc) is 2.55. The monoisotopic (exact) mass is 288 g/mol. The first kappa shape index (κ1) is 15.0. The molecule has 1 aliphatic heterocycles. The molecule has 1 saturated carbocycles. The minimum atomic E-state index is 0.121. The number of nitrogens with zero attached hydrogens (tertiary/aromatic N) is 1. The summed E-state index contributed by atoms with van der Waals surface area (Å²) in [5.41, 5.74) is 7.71. The SMILES string of the molecule is CC(CN1CCOC2CCCCC21)C(N)c1ccccc1. The van der Waals surface area contributed by atoms with Crippen LogP contribution in [0.5, 0.6) is 0 Å². The number of hydrogen-bond acceptors (Lipinski definition) is 3. The van der Waals surface area contributed by atoms with E-state index in [1.807, 2.05) is 0 Å². The van der Waals surface area contributed by atoms with Gasteiger partial charge >= 0.3 is 0 Å². The van der Waals surface area contributed by atoms with Crippen molar-refractivity contribution in [2.24, 2.45) is 11.7 Å². The molecule has 3 nitrogen and oxygen atoms in total. The van der Waals surface area contributed by atoms with Crippen molar-refractivity contribution in [1.29, 1.82) is 0 Å². The van der Waals surface area contributed by atoms with Gasteiger partial charge in [0.05, 0.1) is 12.7 Å². The third-order valence-electron chi connectivity index (χ3n) is 5.17. The average molecular weight is 288 g/mol. The van der Waals surface area contributed by atoms with Crippen LogP contribution in [0, 0.1) is 5.92 Å². The number of fused-ring (bicyclic) bond motifs is 1. The van der Waals surface area contributed by atoms with Crippen molar-refractivity contribution < 1.29 is 4.74 Å². The summed E-state index contributed by atoms with van der Waals surface area (Å²) in [5, 5.41) is 0. The van der Waals surface area contributed by atoms with Crippen molar-refractivity contribution in [1.82, 2.24) is 4.90 Å². The van der Waals surface area contributed by atoms with Gasteiger partial charge in [-0.15, -0.1) is 0 Å². The standard InChI is InChI=1S/C18H28N2O/c1-14(18(19)15-7-3-2-4-8-15)13-20-11-12-21-17-10-6-5-9-16(17)20/h2-4,7-8,14,16-18H,5-6,9-13,19H2,1H3. The Hall–Kier alpha value is -0.900. The largest absolute Gasteiger partial charge is 0.375 e. The summed E-state index contributed by atoms with van der Waals surface area (Å²) < 4.78 is 5.97. The first-order valence-corrected chi connectivity index (χ1v) is 8.42. The van der Waals surface area contributed by atoms with Gasteiger partial charge in [-0.3, -0.25) is 4.90 Å². The minimum Gasteiger partial charge on any atom is -0.375 e. The highest BCUT2D eigenvalue weighted by atomic mass is 16.5. The van der Waals surface area contributed by atoms with Gasteiger partial charge in [0.1, 0.15) is 0 Å². The molecule has 21 heavy (non-hydrogen) atoms. The fourth-order valence-corrected chi connectivity index (χ4v) is 3.89. The topological polar surface area (TPSA) is 38.5 Å². The molecule has 1 aromatic rings. The van der Waals surface area contributed by atoms with Gasteiger partial charge in [-0.1, -0.05) is 50.1 Å². The normalized spacial score (nSPS) is 29.6. The van der Waals surface area contributed by atoms with Crippen LogP contribution in [-0.4, -0.2) is 36.7 Å². The Morgan fingerprint density at radius 3 is 2.81 bits per heavy atom. The molecule has 2 aliphatic rings. The zero-order chi connectivity index (χ0) is 14.7. The van der Waals surface area contributed by atoms with Crippen LogP contribution in [0.4, 0.5) is 0 Å². The predicted molar refractivity (Wildman–Crippen MR) is 86.1 cm³/mol. The van der Waals surface area contributed by atoms with Crippen molar-refractivity contribution in [3.63, 3.8) is 0 Å². The van der Waals surface area contributed by atoms with E-state index < -0.39 is 0 Å². The maximum absolute atomic E-state index is 6.47. The highest BCUT2D eigenvalue weighted by Crippen LogP contribution is 2.30. The van der Waals surface area contributed by atoms with Crippen molar-refractivity contribution in [3.8, 4) is 0 Å². The highest BCUT2D eigenvalue weighted by Gasteiger charge is 2.35. The Kier molecular flexibility index (Phi) is 4.94. The van der Waals surface area contributed by atoms with E-state index in [0.29, 0.717) is 18.1 Å². The van der Waals surface area contributed by atoms with Gasteiger partial charge in [0.2, 0.25) is 0 Å². The summed E-state index contributed by atoms with van der Waals surface area (Å²) >= 11 is 0. The summed E-state index contributed by atoms with van der Waals surface area (Å²) in [6.07, 6.45) is 5.67. The second kappa shape index (κ2) is 6.91. The first-order chi connectivity index (χ1) is 10.3. The van der Waals surface area contributed by atoms with Crippen LogP contribution in [-0.2, 0) is 4.74 Å². The molecule has 2 fully saturated rings. The van der Waals surface area contributed by atoms with Crippen LogP contribution in [0.25, 0.3) is 0 Å². The second-order valence-corrected chi connectivity index (χ2v) is 6.67. The van der Waals surface area contributed by atoms with E-state index >= 15 is 0 Å². The van der Waals surface area contributed by atoms with Gasteiger partial charge in [0.15, 0.2) is 0 Å². The maximum Gasteiger partial charge on any atom is 0.0730 e. The molecule has 3 rings (SSSR count). The van der Waals surface area contributed by atoms with Crippen molar-refractivity contribution in [2.45, 2.75) is 50.8 Å². The first-order valence-electron chi connectivity index (χ1n) is 8.42. The lowest BCUT2D eigenvalue weighted by Crippen LogP contribution is -2.54. The summed E-state index contributed by atoms with van der Waals surface area (Å²) in [4.78, 5) is 2.64. The van der Waals surface area contributed by atoms with Crippen LogP contribution in [0.15, 0.2) is 30.3 Å². The van der Waals surface area contributed by atoms with Gasteiger partial charge in [0.25, 0.3) is 0 Å². The zero-order valence-corrected chi connectivity index (χ0v) is 13.1. The smallest absolute Gasteiger partial charge is 0.0730 e. The minimum absolute atomic E-state index is 0.121. The van der Waals surface area contributed by atoms with E-state index in [0.717, 1.165) is 19.7 Å². The fourth-order valence-electron chi connectivity index (χ4n) is 3.89. The lowest BCUT2D eigenvalue weighted by molar-refractivity contribution is -0.0921. The van der Waals surface area contributed by atoms with E-state index in [1.165, 1.54) is 31.2 Å². The third kappa shape index (κ3) is 3.47. The quantitative estimate of drug-likeness (QED) is 0.925. The van der Waals surface area contributed by atoms with Crippen molar-refractivity contribution in [3.05, 3.63) is 35.9 Å². The predicted octanol–water partition coefficient (Wildman–Crippen LogP) is 2.97. The second-order valence-electron chi connectivity index (χ2n) is 6.67. The van der Waals surface area contributed by atoms with Gasteiger partial charge in [-0.05, 0) is 24.3 Å². The Balaban J connectivity index is 1.62. The lowest BCUT2D eigenvalue weighted by Gasteiger charge is -2.45. The van der Waals surface area contributed by atoms with Gasteiger partial charge in [0, 0.05) is 25.2 Å². The van der Waals surface area contributed by atoms with Crippen LogP contribution in [0.2, 0.25) is 0 Å². The fraction of sp³-hybridized carbons (Fsp3) is 0.667. The summed E-state index contributed by atoms with van der Waals surface area (Å²) in [6.45, 7) is 5.31. The Bertz CT molecular complexity index is 434. The molecule has 1 aliphatic carbocycles. The van der Waals surface area contributed by atoms with E-state index in [1.54, 1.807) is 0 Å². The molecule has 1 aromatic carbocycles. The number of nitrogens with two attached hydrogens (primary N) is 1. The van der Waals surface area contributed by atoms with Gasteiger partial charge < -0.3 is 10.5 Å². The number of hydrogen-bond donors (Lipinski definition) is 1. The zero-order valence-electron chi connectivity index (χ0n) is 13.1. The van der Waals surface area contributed by atoms with Crippen LogP contribution >= 0.6 is 0 Å². The molecule has 0 aromatic heterocycles. The van der Waals surface area contributed by atoms with Crippen molar-refractivity contribution in [2.75, 3.05) is 19.7 Å². The van der Waals surface area contributed by atoms with Gasteiger partial charge in [-0.2, -0.15) is 0 Å². The number of rotatable bonds is 4. The van der Waals surface area contributed by atoms with Crippen molar-refractivity contribution >= 4 is 0 Å². The lowest BCUT2D eigenvalue weighted by atomic mass is 9.88. The Morgan fingerprint density at radius 1 is 1.24 bits per heavy atom. The van der Waals surface area contributed by atoms with E-state index in [9.17, 15) is 0 Å². The number of morpholine rings is 1. The molecule has 4 atom stereocenters. The molecule has 0 spiro atoms. The molecule has 3 heteroatoms. The summed E-state index contributed by atoms with van der Waals surface area (Å²) in [7, 11) is 0. The Labute approximate surface area is 128 Å². The molecule has 2 N–H and O–H groups in total. The molecule has 1 heterocycles. The summed E-state index contributed by atoms with van der Waals surface area (Å²) in [5.74, 6) is 0.466. The van der Waals surface area contributed by atoms with Crippen LogP contribution < -0.4 is 5.73 Å². The molecular weight excluding hydrogens is 260 g/mol. The molecule has 4 unspecified atom stereocenters. The van der Waals surface area contributed by atoms with E-state index in [4.69, 9.17) is 10.5 Å². The van der Waals surface area contributed by atoms with E-state index in [2.05, 4.69) is 42.2 Å². The van der Waals surface area contributed by atoms with E-state index in [-0.39, 0.29) is 6.04 Å². The van der Waals surface area contributed by atoms with Crippen LogP contribution in [0.3, 0.4) is 0 Å². The molecule has 0 amide bonds. The summed E-state index contributed by atoms with van der Waals surface area (Å²) in [6, 6.07) is 11.2. The molecule has 116 valence electrons. The molecule has 1 saturated heterocycles. The van der Waals surface area contributed by atoms with Gasteiger partial charge in [-0.25, -0.2) is 0 Å². The third-order valence-corrected chi connectivity index (χ3v) is 5.17. The van der Waals surface area contributed by atoms with Crippen LogP contribution in [0.1, 0.15) is 44.2 Å². The number of benzene rings is 1. The molecule has 0 radical (unpaired) electrons. The molecular formula is C18H28N2O. The highest BCUT2D eigenvalue weighted by molar-refractivity contribution is 5.19.